The lowest BCUT2D eigenvalue weighted by molar-refractivity contribution is -0.918. The number of carbonyl (C=O) groups is 1. The molecule has 0 aliphatic carbocycles. The van der Waals surface area contributed by atoms with Crippen LogP contribution in [-0.4, -0.2) is 42.4 Å². The minimum absolute atomic E-state index is 0.0326. The largest absolute Gasteiger partial charge is 0.467 e. The summed E-state index contributed by atoms with van der Waals surface area (Å²) in [4.78, 5) is 13.7. The highest BCUT2D eigenvalue weighted by molar-refractivity contribution is 6.74. The number of Topliss-reactive ketones (excluding diaryl/α,β-unsaturated/α-hetero) is 1. The van der Waals surface area contributed by atoms with Gasteiger partial charge in [-0.2, -0.15) is 0 Å². The van der Waals surface area contributed by atoms with Crippen LogP contribution in [0.1, 0.15) is 43.9 Å². The van der Waals surface area contributed by atoms with Gasteiger partial charge in [0, 0.05) is 12.0 Å². The van der Waals surface area contributed by atoms with Gasteiger partial charge >= 0.3 is 5.88 Å². The van der Waals surface area contributed by atoms with Crippen molar-refractivity contribution in [3.05, 3.63) is 77.2 Å². The molecule has 4 rings (SSSR count). The number of quaternary nitrogens is 1. The van der Waals surface area contributed by atoms with Crippen LogP contribution >= 0.6 is 0 Å². The van der Waals surface area contributed by atoms with E-state index < -0.39 is 8.32 Å². The van der Waals surface area contributed by atoms with E-state index in [1.807, 2.05) is 30.3 Å². The zero-order valence-corrected chi connectivity index (χ0v) is 21.2. The van der Waals surface area contributed by atoms with Gasteiger partial charge in [-0.05, 0) is 30.6 Å². The van der Waals surface area contributed by atoms with Crippen molar-refractivity contribution in [3.8, 4) is 0 Å². The van der Waals surface area contributed by atoms with Crippen molar-refractivity contribution in [2.75, 3.05) is 6.54 Å². The molecule has 0 radical (unpaired) electrons. The highest BCUT2D eigenvalue weighted by Crippen LogP contribution is 2.48. The van der Waals surface area contributed by atoms with Crippen LogP contribution in [0.2, 0.25) is 18.1 Å². The molecule has 5 heteroatoms. The van der Waals surface area contributed by atoms with E-state index in [4.69, 9.17) is 4.43 Å². The van der Waals surface area contributed by atoms with E-state index in [0.29, 0.717) is 25.1 Å². The quantitative estimate of drug-likeness (QED) is 0.450. The molecule has 2 aromatic carbocycles. The van der Waals surface area contributed by atoms with Gasteiger partial charge in [-0.1, -0.05) is 80.9 Å². The molecule has 1 saturated heterocycles. The van der Waals surface area contributed by atoms with E-state index in [0.717, 1.165) is 11.1 Å². The number of rotatable bonds is 5. The fourth-order valence-corrected chi connectivity index (χ4v) is 6.26. The maximum Gasteiger partial charge on any atom is 0.302 e. The van der Waals surface area contributed by atoms with Gasteiger partial charge in [0.15, 0.2) is 14.4 Å². The second kappa shape index (κ2) is 7.98. The van der Waals surface area contributed by atoms with Crippen molar-refractivity contribution < 1.29 is 18.8 Å². The van der Waals surface area contributed by atoms with Crippen LogP contribution in [0.25, 0.3) is 5.57 Å². The third-order valence-corrected chi connectivity index (χ3v) is 12.3. The minimum Gasteiger partial charge on any atom is -0.467 e. The maximum absolute atomic E-state index is 13.7. The molecular formula is C27H36NO3Si+. The van der Waals surface area contributed by atoms with Crippen molar-refractivity contribution in [2.24, 2.45) is 0 Å². The average molecular weight is 451 g/mol. The third-order valence-electron chi connectivity index (χ3n) is 7.72. The standard InChI is InChI=1S/C27H35NO3Si/c1-19-12-14-20(15-13-19)17-28-18-22(31-32(5,6)27(2,3)4)16-23(28)25(29)24(26(28)30)21-10-8-7-9-11-21/h7-15,22-23H,16-18H2,1-6H3/p+1/t22-,23+,28+/m0/s1. The van der Waals surface area contributed by atoms with Gasteiger partial charge in [-0.3, -0.25) is 4.79 Å². The molecule has 32 heavy (non-hydrogen) atoms. The van der Waals surface area contributed by atoms with E-state index in [-0.39, 0.29) is 33.3 Å². The molecule has 2 heterocycles. The Balaban J connectivity index is 1.74. The fourth-order valence-electron chi connectivity index (χ4n) is 4.90. The predicted octanol–water partition coefficient (Wildman–Crippen LogP) is 5.98. The molecule has 2 aliphatic rings. The summed E-state index contributed by atoms with van der Waals surface area (Å²) in [7, 11) is -1.99. The number of benzene rings is 2. The van der Waals surface area contributed by atoms with Gasteiger partial charge in [0.25, 0.3) is 0 Å². The third kappa shape index (κ3) is 3.87. The topological polar surface area (TPSA) is 46.5 Å². The summed E-state index contributed by atoms with van der Waals surface area (Å²) in [6.45, 7) is 14.5. The molecule has 0 unspecified atom stereocenters. The molecule has 0 bridgehead atoms. The van der Waals surface area contributed by atoms with Crippen LogP contribution in [0, 0.1) is 6.92 Å². The Bertz CT molecular complexity index is 1040. The Morgan fingerprint density at radius 3 is 2.28 bits per heavy atom. The van der Waals surface area contributed by atoms with Crippen molar-refractivity contribution in [1.82, 2.24) is 0 Å². The highest BCUT2D eigenvalue weighted by Gasteiger charge is 2.62. The molecular weight excluding hydrogens is 414 g/mol. The lowest BCUT2D eigenvalue weighted by Gasteiger charge is -2.38. The molecule has 1 N–H and O–H groups in total. The number of aliphatic hydroxyl groups is 1. The Hall–Kier alpha value is -2.21. The zero-order valence-electron chi connectivity index (χ0n) is 20.2. The Labute approximate surface area is 193 Å². The molecule has 0 aromatic heterocycles. The smallest absolute Gasteiger partial charge is 0.302 e. The average Bonchev–Trinajstić information content (AvgIpc) is 3.16. The summed E-state index contributed by atoms with van der Waals surface area (Å²) in [5.41, 5.74) is 3.61. The van der Waals surface area contributed by atoms with Gasteiger partial charge in [0.05, 0.1) is 0 Å². The summed E-state index contributed by atoms with van der Waals surface area (Å²) in [5, 5.41) is 11.7. The molecule has 1 fully saturated rings. The number of carbonyl (C=O) groups excluding carboxylic acids is 1. The molecule has 0 spiro atoms. The Kier molecular flexibility index (Phi) is 5.72. The first-order valence-corrected chi connectivity index (χ1v) is 14.5. The van der Waals surface area contributed by atoms with Gasteiger partial charge in [0.2, 0.25) is 5.78 Å². The Morgan fingerprint density at radius 1 is 1.06 bits per heavy atom. The summed E-state index contributed by atoms with van der Waals surface area (Å²) in [6, 6.07) is 17.7. The van der Waals surface area contributed by atoms with Gasteiger partial charge in [0.1, 0.15) is 24.8 Å². The second-order valence-corrected chi connectivity index (χ2v) is 15.8. The van der Waals surface area contributed by atoms with Gasteiger partial charge in [-0.15, -0.1) is 0 Å². The molecule has 2 aliphatic heterocycles. The summed E-state index contributed by atoms with van der Waals surface area (Å²) in [5.74, 6) is 0.246. The predicted molar refractivity (Wildman–Crippen MR) is 131 cm³/mol. The molecule has 4 nitrogen and oxygen atoms in total. The van der Waals surface area contributed by atoms with Crippen LogP contribution in [-0.2, 0) is 15.8 Å². The van der Waals surface area contributed by atoms with E-state index >= 15 is 0 Å². The molecule has 0 saturated carbocycles. The molecule has 2 aromatic rings. The van der Waals surface area contributed by atoms with E-state index in [2.05, 4.69) is 65.1 Å². The SMILES string of the molecule is Cc1ccc(C[N@@+]23C[C@@H](O[Si](C)(C)C(C)(C)C)C[C@@H]2C(=O)C(c2ccccc2)=C3O)cc1. The molecule has 3 atom stereocenters. The van der Waals surface area contributed by atoms with Crippen molar-refractivity contribution in [1.29, 1.82) is 0 Å². The van der Waals surface area contributed by atoms with Crippen LogP contribution in [0.4, 0.5) is 0 Å². The summed E-state index contributed by atoms with van der Waals surface area (Å²) >= 11 is 0. The monoisotopic (exact) mass is 450 g/mol. The summed E-state index contributed by atoms with van der Waals surface area (Å²) in [6.07, 6.45) is 0.618. The number of fused-ring (bicyclic) bond motifs is 1. The molecule has 170 valence electrons. The first-order chi connectivity index (χ1) is 14.9. The van der Waals surface area contributed by atoms with Crippen LogP contribution in [0.5, 0.6) is 0 Å². The first kappa shape index (κ1) is 23.0. The number of hydrogen-bond acceptors (Lipinski definition) is 3. The normalized spacial score (nSPS) is 26.0. The van der Waals surface area contributed by atoms with Crippen LogP contribution < -0.4 is 0 Å². The van der Waals surface area contributed by atoms with Crippen molar-refractivity contribution in [2.45, 2.75) is 70.9 Å². The van der Waals surface area contributed by atoms with Crippen molar-refractivity contribution in [3.63, 3.8) is 0 Å². The fraction of sp³-hybridized carbons (Fsp3) is 0.444. The number of aliphatic hydroxyl groups excluding tert-OH is 1. The lowest BCUT2D eigenvalue weighted by atomic mass is 9.99. The minimum atomic E-state index is -1.99. The maximum atomic E-state index is 13.7. The zero-order chi connectivity index (χ0) is 23.3. The molecule has 0 amide bonds. The number of hydrogen-bond donors (Lipinski definition) is 1. The lowest BCUT2D eigenvalue weighted by Crippen LogP contribution is -2.50. The number of aryl methyl sites for hydroxylation is 1. The van der Waals surface area contributed by atoms with Gasteiger partial charge < -0.3 is 9.53 Å². The van der Waals surface area contributed by atoms with Gasteiger partial charge in [-0.25, -0.2) is 4.48 Å². The second-order valence-electron chi connectivity index (χ2n) is 11.0. The van der Waals surface area contributed by atoms with E-state index in [9.17, 15) is 9.90 Å². The number of nitrogens with zero attached hydrogens (tertiary/aromatic N) is 1. The van der Waals surface area contributed by atoms with E-state index in [1.165, 1.54) is 5.56 Å². The number of ketones is 1. The summed E-state index contributed by atoms with van der Waals surface area (Å²) < 4.78 is 7.03. The van der Waals surface area contributed by atoms with Crippen LogP contribution in [0.15, 0.2) is 60.5 Å². The van der Waals surface area contributed by atoms with Crippen LogP contribution in [0.3, 0.4) is 0 Å². The van der Waals surface area contributed by atoms with Crippen molar-refractivity contribution >= 4 is 19.7 Å². The highest BCUT2D eigenvalue weighted by atomic mass is 28.4. The van der Waals surface area contributed by atoms with E-state index in [1.54, 1.807) is 0 Å². The Morgan fingerprint density at radius 2 is 1.69 bits per heavy atom. The first-order valence-electron chi connectivity index (χ1n) is 11.6.